The number of anilines is 1. The molecule has 5 rings (SSSR count). The molecule has 1 N–H and O–H groups in total. The Morgan fingerprint density at radius 1 is 1.25 bits per heavy atom. The van der Waals surface area contributed by atoms with Crippen LogP contribution in [-0.2, 0) is 4.74 Å². The molecule has 128 valence electrons. The number of benzene rings is 1. The smallest absolute Gasteiger partial charge is 0.0996 e. The Hall–Kier alpha value is -1.48. The van der Waals surface area contributed by atoms with Gasteiger partial charge in [-0.1, -0.05) is 25.1 Å². The summed E-state index contributed by atoms with van der Waals surface area (Å²) in [6, 6.07) is 10.2. The van der Waals surface area contributed by atoms with Crippen LogP contribution in [-0.4, -0.2) is 36.2 Å². The average molecular weight is 324 g/mol. The molecule has 24 heavy (non-hydrogen) atoms. The number of piperidine rings is 2. The van der Waals surface area contributed by atoms with Gasteiger partial charge in [0.25, 0.3) is 0 Å². The van der Waals surface area contributed by atoms with Gasteiger partial charge in [-0.05, 0) is 55.9 Å². The van der Waals surface area contributed by atoms with E-state index >= 15 is 0 Å². The number of hydrogen-bond acceptors (Lipinski definition) is 3. The lowest BCUT2D eigenvalue weighted by atomic mass is 9.69. The second-order valence-electron chi connectivity index (χ2n) is 8.11. The highest BCUT2D eigenvalue weighted by Gasteiger charge is 2.49. The number of fused-ring (bicyclic) bond motifs is 6. The van der Waals surface area contributed by atoms with Crippen LogP contribution in [0.4, 0.5) is 5.69 Å². The van der Waals surface area contributed by atoms with Crippen molar-refractivity contribution < 1.29 is 4.74 Å². The molecule has 0 amide bonds. The summed E-state index contributed by atoms with van der Waals surface area (Å²) in [6.07, 6.45) is 6.15. The van der Waals surface area contributed by atoms with Crippen molar-refractivity contribution in [1.29, 1.82) is 0 Å². The van der Waals surface area contributed by atoms with E-state index in [1.54, 1.807) is 5.56 Å². The molecule has 6 unspecified atom stereocenters. The third kappa shape index (κ3) is 2.07. The molecule has 4 aliphatic rings. The highest BCUT2D eigenvalue weighted by atomic mass is 16.5. The number of para-hydroxylation sites is 1. The molecule has 0 aromatic heterocycles. The monoisotopic (exact) mass is 324 g/mol. The van der Waals surface area contributed by atoms with Crippen molar-refractivity contribution >= 4 is 5.69 Å². The summed E-state index contributed by atoms with van der Waals surface area (Å²) in [6.45, 7) is 6.98. The summed E-state index contributed by atoms with van der Waals surface area (Å²) < 4.78 is 5.96. The first kappa shape index (κ1) is 14.8. The van der Waals surface area contributed by atoms with Gasteiger partial charge >= 0.3 is 0 Å². The lowest BCUT2D eigenvalue weighted by Crippen LogP contribution is -2.60. The van der Waals surface area contributed by atoms with Crippen molar-refractivity contribution in [1.82, 2.24) is 4.90 Å². The Morgan fingerprint density at radius 2 is 2.12 bits per heavy atom. The van der Waals surface area contributed by atoms with E-state index < -0.39 is 0 Å². The minimum atomic E-state index is 0.359. The Balaban J connectivity index is 1.45. The normalized spacial score (nSPS) is 40.3. The quantitative estimate of drug-likeness (QED) is 0.845. The van der Waals surface area contributed by atoms with Crippen LogP contribution in [0.15, 0.2) is 36.1 Å². The van der Waals surface area contributed by atoms with Gasteiger partial charge in [-0.3, -0.25) is 4.90 Å². The van der Waals surface area contributed by atoms with Crippen LogP contribution < -0.4 is 5.32 Å². The zero-order valence-corrected chi connectivity index (χ0v) is 14.7. The molecule has 6 atom stereocenters. The second kappa shape index (κ2) is 5.52. The Kier molecular flexibility index (Phi) is 3.41. The van der Waals surface area contributed by atoms with Crippen LogP contribution in [0.5, 0.6) is 0 Å². The topological polar surface area (TPSA) is 24.5 Å². The van der Waals surface area contributed by atoms with Gasteiger partial charge in [-0.25, -0.2) is 0 Å². The molecule has 4 heterocycles. The van der Waals surface area contributed by atoms with E-state index in [1.165, 1.54) is 37.2 Å². The van der Waals surface area contributed by atoms with E-state index in [2.05, 4.69) is 54.6 Å². The molecule has 1 aromatic carbocycles. The molecule has 3 nitrogen and oxygen atoms in total. The van der Waals surface area contributed by atoms with Crippen molar-refractivity contribution in [2.45, 2.75) is 57.2 Å². The number of hydrogen-bond donors (Lipinski definition) is 1. The average Bonchev–Trinajstić information content (AvgIpc) is 3.00. The van der Waals surface area contributed by atoms with Gasteiger partial charge < -0.3 is 10.1 Å². The molecule has 2 saturated heterocycles. The molecular weight excluding hydrogens is 296 g/mol. The third-order valence-electron chi connectivity index (χ3n) is 7.11. The first-order valence-corrected chi connectivity index (χ1v) is 9.70. The van der Waals surface area contributed by atoms with E-state index in [0.29, 0.717) is 35.9 Å². The first-order chi connectivity index (χ1) is 11.8. The fourth-order valence-corrected chi connectivity index (χ4v) is 5.81. The lowest BCUT2D eigenvalue weighted by molar-refractivity contribution is -0.0355. The number of allylic oxidation sites excluding steroid dienone is 1. The minimum Gasteiger partial charge on any atom is -0.498 e. The van der Waals surface area contributed by atoms with E-state index in [9.17, 15) is 0 Å². The maximum atomic E-state index is 5.96. The summed E-state index contributed by atoms with van der Waals surface area (Å²) in [5, 5.41) is 3.88. The molecule has 0 spiro atoms. The molecular formula is C21H28N2O. The summed E-state index contributed by atoms with van der Waals surface area (Å²) in [7, 11) is 0. The predicted octanol–water partition coefficient (Wildman–Crippen LogP) is 3.99. The van der Waals surface area contributed by atoms with Gasteiger partial charge in [0.2, 0.25) is 0 Å². The van der Waals surface area contributed by atoms with Gasteiger partial charge in [-0.2, -0.15) is 0 Å². The molecule has 3 heteroatoms. The maximum absolute atomic E-state index is 5.96. The Morgan fingerprint density at radius 3 is 3.00 bits per heavy atom. The molecule has 0 bridgehead atoms. The van der Waals surface area contributed by atoms with Crippen LogP contribution in [0.2, 0.25) is 0 Å². The summed E-state index contributed by atoms with van der Waals surface area (Å²) >= 11 is 0. The van der Waals surface area contributed by atoms with Gasteiger partial charge in [0.05, 0.1) is 12.4 Å². The van der Waals surface area contributed by atoms with E-state index in [1.807, 2.05) is 0 Å². The van der Waals surface area contributed by atoms with Crippen molar-refractivity contribution in [3.05, 3.63) is 41.7 Å². The predicted molar refractivity (Wildman–Crippen MR) is 97.1 cm³/mol. The summed E-state index contributed by atoms with van der Waals surface area (Å²) in [5.74, 6) is 2.08. The van der Waals surface area contributed by atoms with Crippen LogP contribution in [0, 0.1) is 11.8 Å². The first-order valence-electron chi connectivity index (χ1n) is 9.70. The SMILES string of the molecule is CCC1=COC(C)C2CN3CCC4c5ccccc5NC4C3CC12. The van der Waals surface area contributed by atoms with Crippen LogP contribution in [0.1, 0.15) is 44.6 Å². The zero-order valence-electron chi connectivity index (χ0n) is 14.7. The number of nitrogens with one attached hydrogen (secondary N) is 1. The fourth-order valence-electron chi connectivity index (χ4n) is 5.81. The molecule has 1 aromatic rings. The molecule has 0 saturated carbocycles. The molecule has 2 fully saturated rings. The van der Waals surface area contributed by atoms with E-state index in [-0.39, 0.29) is 0 Å². The van der Waals surface area contributed by atoms with E-state index in [4.69, 9.17) is 4.74 Å². The second-order valence-corrected chi connectivity index (χ2v) is 8.11. The minimum absolute atomic E-state index is 0.359. The lowest BCUT2D eigenvalue weighted by Gasteiger charge is -2.53. The Labute approximate surface area is 145 Å². The molecule has 0 radical (unpaired) electrons. The standard InChI is InChI=1S/C21H28N2O/c1-3-14-12-24-13(2)18-11-23-9-8-16-15-6-4-5-7-19(15)22-21(16)20(23)10-17(14)18/h4-7,12-13,16-18,20-22H,3,8-11H2,1-2H3. The van der Waals surface area contributed by atoms with Gasteiger partial charge in [-0.15, -0.1) is 0 Å². The van der Waals surface area contributed by atoms with Crippen LogP contribution >= 0.6 is 0 Å². The highest BCUT2D eigenvalue weighted by Crippen LogP contribution is 2.49. The number of rotatable bonds is 1. The van der Waals surface area contributed by atoms with Crippen molar-refractivity contribution in [2.24, 2.45) is 11.8 Å². The van der Waals surface area contributed by atoms with E-state index in [0.717, 1.165) is 6.42 Å². The van der Waals surface area contributed by atoms with Gasteiger partial charge in [0, 0.05) is 36.2 Å². The summed E-state index contributed by atoms with van der Waals surface area (Å²) in [5.41, 5.74) is 4.47. The van der Waals surface area contributed by atoms with Crippen molar-refractivity contribution in [3.63, 3.8) is 0 Å². The van der Waals surface area contributed by atoms with Crippen LogP contribution in [0.25, 0.3) is 0 Å². The Bertz CT molecular complexity index is 670. The third-order valence-corrected chi connectivity index (χ3v) is 7.11. The summed E-state index contributed by atoms with van der Waals surface area (Å²) in [4.78, 5) is 2.76. The van der Waals surface area contributed by atoms with Gasteiger partial charge in [0.15, 0.2) is 0 Å². The molecule has 4 aliphatic heterocycles. The zero-order chi connectivity index (χ0) is 16.3. The number of ether oxygens (including phenoxy) is 1. The van der Waals surface area contributed by atoms with Crippen molar-refractivity contribution in [2.75, 3.05) is 18.4 Å². The largest absolute Gasteiger partial charge is 0.498 e. The number of nitrogens with zero attached hydrogens (tertiary/aromatic N) is 1. The maximum Gasteiger partial charge on any atom is 0.0996 e. The van der Waals surface area contributed by atoms with Crippen LogP contribution in [0.3, 0.4) is 0 Å². The van der Waals surface area contributed by atoms with Gasteiger partial charge in [0.1, 0.15) is 0 Å². The van der Waals surface area contributed by atoms with Crippen molar-refractivity contribution in [3.8, 4) is 0 Å². The highest BCUT2D eigenvalue weighted by molar-refractivity contribution is 5.60. The fraction of sp³-hybridized carbons (Fsp3) is 0.619. The molecule has 0 aliphatic carbocycles.